The van der Waals surface area contributed by atoms with Crippen LogP contribution in [0.2, 0.25) is 0 Å². The summed E-state index contributed by atoms with van der Waals surface area (Å²) in [7, 11) is 0. The molecule has 18 heavy (non-hydrogen) atoms. The lowest BCUT2D eigenvalue weighted by atomic mass is 9.90. The van der Waals surface area contributed by atoms with E-state index in [-0.39, 0.29) is 11.9 Å². The summed E-state index contributed by atoms with van der Waals surface area (Å²) in [6.07, 6.45) is 2.86. The standard InChI is InChI=1S/C13H18BrFN2O/c14-12-4-3-11(15)6-10(12)7-13(17-16)9-2-1-5-18-8-9/h3-4,6,9,13,17H,1-2,5,7-8,16H2. The maximum Gasteiger partial charge on any atom is 0.123 e. The molecule has 0 radical (unpaired) electrons. The molecular weight excluding hydrogens is 299 g/mol. The molecule has 5 heteroatoms. The van der Waals surface area contributed by atoms with Crippen LogP contribution in [0, 0.1) is 11.7 Å². The van der Waals surface area contributed by atoms with Gasteiger partial charge in [0.05, 0.1) is 6.61 Å². The Kier molecular flexibility index (Phi) is 5.12. The Morgan fingerprint density at radius 1 is 1.56 bits per heavy atom. The van der Waals surface area contributed by atoms with Crippen LogP contribution in [0.15, 0.2) is 22.7 Å². The van der Waals surface area contributed by atoms with Crippen LogP contribution in [-0.4, -0.2) is 19.3 Å². The van der Waals surface area contributed by atoms with Crippen molar-refractivity contribution in [1.82, 2.24) is 5.43 Å². The summed E-state index contributed by atoms with van der Waals surface area (Å²) in [5, 5.41) is 0. The van der Waals surface area contributed by atoms with E-state index in [0.717, 1.165) is 36.1 Å². The van der Waals surface area contributed by atoms with E-state index in [2.05, 4.69) is 21.4 Å². The van der Waals surface area contributed by atoms with Gasteiger partial charge < -0.3 is 4.74 Å². The number of hydrogen-bond donors (Lipinski definition) is 2. The molecule has 2 rings (SSSR count). The van der Waals surface area contributed by atoms with E-state index in [4.69, 9.17) is 10.6 Å². The highest BCUT2D eigenvalue weighted by atomic mass is 79.9. The van der Waals surface area contributed by atoms with Gasteiger partial charge in [-0.15, -0.1) is 0 Å². The molecule has 3 N–H and O–H groups in total. The van der Waals surface area contributed by atoms with Crippen molar-refractivity contribution >= 4 is 15.9 Å². The lowest BCUT2D eigenvalue weighted by molar-refractivity contribution is 0.0393. The molecule has 1 fully saturated rings. The van der Waals surface area contributed by atoms with Gasteiger partial charge in [0.2, 0.25) is 0 Å². The molecule has 1 aromatic carbocycles. The number of ether oxygens (including phenoxy) is 1. The van der Waals surface area contributed by atoms with Crippen LogP contribution >= 0.6 is 15.9 Å². The summed E-state index contributed by atoms with van der Waals surface area (Å²) in [4.78, 5) is 0. The number of benzene rings is 1. The van der Waals surface area contributed by atoms with Gasteiger partial charge >= 0.3 is 0 Å². The molecule has 0 aliphatic carbocycles. The topological polar surface area (TPSA) is 47.3 Å². The molecule has 1 aliphatic rings. The van der Waals surface area contributed by atoms with Crippen molar-refractivity contribution in [2.45, 2.75) is 25.3 Å². The minimum Gasteiger partial charge on any atom is -0.381 e. The molecule has 100 valence electrons. The average Bonchev–Trinajstić information content (AvgIpc) is 2.41. The smallest absolute Gasteiger partial charge is 0.123 e. The zero-order chi connectivity index (χ0) is 13.0. The van der Waals surface area contributed by atoms with E-state index < -0.39 is 0 Å². The Morgan fingerprint density at radius 2 is 2.39 bits per heavy atom. The molecular formula is C13H18BrFN2O. The molecule has 2 unspecified atom stereocenters. The molecule has 0 bridgehead atoms. The fraction of sp³-hybridized carbons (Fsp3) is 0.538. The first kappa shape index (κ1) is 13.9. The number of hydrogen-bond acceptors (Lipinski definition) is 3. The van der Waals surface area contributed by atoms with Gasteiger partial charge in [-0.3, -0.25) is 11.3 Å². The highest BCUT2D eigenvalue weighted by Gasteiger charge is 2.24. The largest absolute Gasteiger partial charge is 0.381 e. The molecule has 1 heterocycles. The van der Waals surface area contributed by atoms with Gasteiger partial charge in [-0.25, -0.2) is 4.39 Å². The number of rotatable bonds is 4. The van der Waals surface area contributed by atoms with Gasteiger partial charge in [-0.2, -0.15) is 0 Å². The van der Waals surface area contributed by atoms with Crippen LogP contribution < -0.4 is 11.3 Å². The van der Waals surface area contributed by atoms with Crippen molar-refractivity contribution in [2.75, 3.05) is 13.2 Å². The highest BCUT2D eigenvalue weighted by molar-refractivity contribution is 9.10. The molecule has 0 saturated carbocycles. The van der Waals surface area contributed by atoms with Crippen molar-refractivity contribution < 1.29 is 9.13 Å². The van der Waals surface area contributed by atoms with Crippen LogP contribution in [0.3, 0.4) is 0 Å². The molecule has 0 amide bonds. The maximum atomic E-state index is 13.2. The van der Waals surface area contributed by atoms with Gasteiger partial charge in [0.15, 0.2) is 0 Å². The van der Waals surface area contributed by atoms with E-state index in [9.17, 15) is 4.39 Å². The molecule has 1 aliphatic heterocycles. The Bertz CT molecular complexity index is 397. The van der Waals surface area contributed by atoms with Gasteiger partial charge in [0.25, 0.3) is 0 Å². The molecule has 3 nitrogen and oxygen atoms in total. The third-order valence-electron chi connectivity index (χ3n) is 3.43. The molecule has 0 aromatic heterocycles. The molecule has 0 spiro atoms. The molecule has 2 atom stereocenters. The van der Waals surface area contributed by atoms with Gasteiger partial charge in [0.1, 0.15) is 5.82 Å². The average molecular weight is 317 g/mol. The minimum atomic E-state index is -0.219. The van der Waals surface area contributed by atoms with E-state index in [1.54, 1.807) is 12.1 Å². The Hall–Kier alpha value is -0.490. The van der Waals surface area contributed by atoms with Crippen molar-refractivity contribution in [1.29, 1.82) is 0 Å². The summed E-state index contributed by atoms with van der Waals surface area (Å²) < 4.78 is 19.6. The zero-order valence-corrected chi connectivity index (χ0v) is 11.7. The van der Waals surface area contributed by atoms with Crippen LogP contribution in [0.1, 0.15) is 18.4 Å². The second-order valence-corrected chi connectivity index (χ2v) is 5.54. The van der Waals surface area contributed by atoms with Crippen molar-refractivity contribution in [3.63, 3.8) is 0 Å². The SMILES string of the molecule is NNC(Cc1cc(F)ccc1Br)C1CCCOC1. The summed E-state index contributed by atoms with van der Waals surface area (Å²) in [5.74, 6) is 5.79. The van der Waals surface area contributed by atoms with Crippen LogP contribution in [0.4, 0.5) is 4.39 Å². The second kappa shape index (κ2) is 6.61. The van der Waals surface area contributed by atoms with Crippen molar-refractivity contribution in [3.05, 3.63) is 34.1 Å². The Labute approximate surface area is 115 Å². The second-order valence-electron chi connectivity index (χ2n) is 4.69. The number of hydrazine groups is 1. The Morgan fingerprint density at radius 3 is 3.06 bits per heavy atom. The van der Waals surface area contributed by atoms with Crippen LogP contribution in [0.25, 0.3) is 0 Å². The minimum absolute atomic E-state index is 0.114. The van der Waals surface area contributed by atoms with Crippen LogP contribution in [-0.2, 0) is 11.2 Å². The van der Waals surface area contributed by atoms with Gasteiger partial charge in [-0.05, 0) is 48.9 Å². The van der Waals surface area contributed by atoms with E-state index in [1.165, 1.54) is 6.07 Å². The Balaban J connectivity index is 2.06. The first-order valence-corrected chi connectivity index (χ1v) is 6.98. The fourth-order valence-corrected chi connectivity index (χ4v) is 2.79. The van der Waals surface area contributed by atoms with Crippen LogP contribution in [0.5, 0.6) is 0 Å². The lowest BCUT2D eigenvalue weighted by Gasteiger charge is -2.30. The van der Waals surface area contributed by atoms with E-state index in [1.807, 2.05) is 0 Å². The predicted molar refractivity (Wildman–Crippen MR) is 72.5 cm³/mol. The normalized spacial score (nSPS) is 21.8. The summed E-state index contributed by atoms with van der Waals surface area (Å²) in [6, 6.07) is 4.85. The van der Waals surface area contributed by atoms with E-state index >= 15 is 0 Å². The van der Waals surface area contributed by atoms with Gasteiger partial charge in [-0.1, -0.05) is 15.9 Å². The molecule has 1 saturated heterocycles. The number of halogens is 2. The predicted octanol–water partition coefficient (Wildman–Crippen LogP) is 2.39. The first-order valence-electron chi connectivity index (χ1n) is 6.18. The van der Waals surface area contributed by atoms with Crippen molar-refractivity contribution in [3.8, 4) is 0 Å². The third-order valence-corrected chi connectivity index (χ3v) is 4.20. The van der Waals surface area contributed by atoms with E-state index in [0.29, 0.717) is 12.3 Å². The van der Waals surface area contributed by atoms with Crippen molar-refractivity contribution in [2.24, 2.45) is 11.8 Å². The molecule has 1 aromatic rings. The zero-order valence-electron chi connectivity index (χ0n) is 10.2. The lowest BCUT2D eigenvalue weighted by Crippen LogP contribution is -2.45. The third kappa shape index (κ3) is 3.51. The quantitative estimate of drug-likeness (QED) is 0.662. The summed E-state index contributed by atoms with van der Waals surface area (Å²) >= 11 is 3.45. The fourth-order valence-electron chi connectivity index (χ4n) is 2.38. The monoisotopic (exact) mass is 316 g/mol. The number of nitrogens with two attached hydrogens (primary N) is 1. The van der Waals surface area contributed by atoms with Gasteiger partial charge in [0, 0.05) is 17.1 Å². The summed E-state index contributed by atoms with van der Waals surface area (Å²) in [6.45, 7) is 1.55. The number of nitrogens with one attached hydrogen (secondary N) is 1. The first-order chi connectivity index (χ1) is 8.70. The maximum absolute atomic E-state index is 13.2. The summed E-state index contributed by atoms with van der Waals surface area (Å²) in [5.41, 5.74) is 3.78. The highest BCUT2D eigenvalue weighted by Crippen LogP contribution is 2.24.